The van der Waals surface area contributed by atoms with E-state index in [4.69, 9.17) is 10.5 Å². The van der Waals surface area contributed by atoms with Crippen LogP contribution in [0, 0.1) is 23.7 Å². The van der Waals surface area contributed by atoms with E-state index in [1.54, 1.807) is 20.8 Å². The lowest BCUT2D eigenvalue weighted by Gasteiger charge is -2.36. The van der Waals surface area contributed by atoms with Crippen LogP contribution >= 0.6 is 0 Å². The molecule has 0 aromatic heterocycles. The lowest BCUT2D eigenvalue weighted by Crippen LogP contribution is -2.58. The van der Waals surface area contributed by atoms with Gasteiger partial charge in [0.15, 0.2) is 0 Å². The first-order valence-electron chi connectivity index (χ1n) is 14.3. The Hall–Kier alpha value is -2.79. The highest BCUT2D eigenvalue weighted by Gasteiger charge is 2.47. The van der Waals surface area contributed by atoms with Crippen LogP contribution in [0.1, 0.15) is 86.0 Å². The lowest BCUT2D eigenvalue weighted by atomic mass is 9.81. The first-order valence-corrected chi connectivity index (χ1v) is 14.3. The van der Waals surface area contributed by atoms with Crippen LogP contribution in [0.5, 0.6) is 0 Å². The molecule has 40 heavy (non-hydrogen) atoms. The molecule has 0 bridgehead atoms. The summed E-state index contributed by atoms with van der Waals surface area (Å²) in [6.07, 6.45) is 0.768. The molecule has 1 aliphatic heterocycles. The van der Waals surface area contributed by atoms with E-state index in [0.29, 0.717) is 12.8 Å². The Balaban J connectivity index is 1.85. The molecule has 0 aromatic rings. The molecule has 12 heteroatoms. The molecule has 0 spiro atoms. The molecule has 3 aliphatic rings. The third-order valence-electron chi connectivity index (χ3n) is 8.18. The average molecular weight is 571 g/mol. The number of alkyl carbamates (subject to hydrolysis) is 1. The normalized spacial score (nSPS) is 24.8. The number of nitrogens with one attached hydrogen (secondary N) is 2. The standard InChI is InChI=1S/C28H44F2N4O6/c1-15(2)18-13-20(24(37)32-19(12-16-6-7-16)22(35)23(31)36)34(14-18)25(38)21(33-26(39)40-27(3,4)5)17-8-10-28(29,30)11-9-17/h15-21H,6-14H2,1-5H3,(H2,31,36)(H,32,37)(H,33,39)/t18-,19-,20+,21+/m1/s1. The van der Waals surface area contributed by atoms with Crippen molar-refractivity contribution in [3.63, 3.8) is 0 Å². The van der Waals surface area contributed by atoms with Crippen molar-refractivity contribution in [2.24, 2.45) is 29.4 Å². The molecule has 0 radical (unpaired) electrons. The Morgan fingerprint density at radius 3 is 2.10 bits per heavy atom. The molecule has 4 N–H and O–H groups in total. The third-order valence-corrected chi connectivity index (χ3v) is 8.18. The number of halogens is 2. The van der Waals surface area contributed by atoms with Gasteiger partial charge in [0.2, 0.25) is 23.5 Å². The van der Waals surface area contributed by atoms with Gasteiger partial charge in [0.25, 0.3) is 5.91 Å². The van der Waals surface area contributed by atoms with Crippen LogP contribution in [0.25, 0.3) is 0 Å². The van der Waals surface area contributed by atoms with Crippen LogP contribution in [0.3, 0.4) is 0 Å². The molecule has 2 aliphatic carbocycles. The molecule has 10 nitrogen and oxygen atoms in total. The number of nitrogens with two attached hydrogens (primary N) is 1. The van der Waals surface area contributed by atoms with Crippen molar-refractivity contribution in [2.75, 3.05) is 6.54 Å². The number of carbonyl (C=O) groups is 5. The summed E-state index contributed by atoms with van der Waals surface area (Å²) in [4.78, 5) is 65.8. The molecule has 2 saturated carbocycles. The number of ether oxygens (including phenoxy) is 1. The smallest absolute Gasteiger partial charge is 0.408 e. The molecule has 0 aromatic carbocycles. The quantitative estimate of drug-likeness (QED) is 0.344. The highest BCUT2D eigenvalue weighted by molar-refractivity contribution is 6.37. The predicted molar refractivity (Wildman–Crippen MR) is 142 cm³/mol. The van der Waals surface area contributed by atoms with Crippen molar-refractivity contribution in [3.8, 4) is 0 Å². The van der Waals surface area contributed by atoms with Crippen molar-refractivity contribution in [1.29, 1.82) is 0 Å². The van der Waals surface area contributed by atoms with Gasteiger partial charge in [-0.2, -0.15) is 0 Å². The molecule has 226 valence electrons. The number of amides is 4. The molecule has 3 rings (SSSR count). The summed E-state index contributed by atoms with van der Waals surface area (Å²) in [5.41, 5.74) is 4.37. The molecule has 1 saturated heterocycles. The van der Waals surface area contributed by atoms with E-state index >= 15 is 0 Å². The fourth-order valence-corrected chi connectivity index (χ4v) is 5.59. The first-order chi connectivity index (χ1) is 18.5. The van der Waals surface area contributed by atoms with Crippen molar-refractivity contribution in [3.05, 3.63) is 0 Å². The Morgan fingerprint density at radius 1 is 1.00 bits per heavy atom. The minimum absolute atomic E-state index is 0.0219. The highest BCUT2D eigenvalue weighted by atomic mass is 19.3. The largest absolute Gasteiger partial charge is 0.444 e. The Morgan fingerprint density at radius 2 is 1.60 bits per heavy atom. The summed E-state index contributed by atoms with van der Waals surface area (Å²) in [7, 11) is 0. The van der Waals surface area contributed by atoms with Crippen molar-refractivity contribution in [2.45, 2.75) is 116 Å². The molecular weight excluding hydrogens is 526 g/mol. The van der Waals surface area contributed by atoms with Crippen LogP contribution in [0.15, 0.2) is 0 Å². The highest BCUT2D eigenvalue weighted by Crippen LogP contribution is 2.39. The van der Waals surface area contributed by atoms with Crippen LogP contribution in [-0.2, 0) is 23.9 Å². The minimum Gasteiger partial charge on any atom is -0.444 e. The van der Waals surface area contributed by atoms with Gasteiger partial charge in [-0.15, -0.1) is 0 Å². The molecule has 4 atom stereocenters. The maximum Gasteiger partial charge on any atom is 0.408 e. The van der Waals surface area contributed by atoms with Gasteiger partial charge in [0, 0.05) is 19.4 Å². The number of ketones is 1. The number of Topliss-reactive ketones (excluding diaryl/α,β-unsaturated/α-hetero) is 1. The second-order valence-corrected chi connectivity index (χ2v) is 13.0. The first kappa shape index (κ1) is 31.7. The number of alkyl halides is 2. The lowest BCUT2D eigenvalue weighted by molar-refractivity contribution is -0.143. The number of carbonyl (C=O) groups excluding carboxylic acids is 5. The van der Waals surface area contributed by atoms with Gasteiger partial charge in [0.1, 0.15) is 17.7 Å². The summed E-state index contributed by atoms with van der Waals surface area (Å²) >= 11 is 0. The van der Waals surface area contributed by atoms with Crippen molar-refractivity contribution < 1.29 is 37.5 Å². The summed E-state index contributed by atoms with van der Waals surface area (Å²) in [6.45, 7) is 9.18. The van der Waals surface area contributed by atoms with E-state index in [1.165, 1.54) is 4.90 Å². The fourth-order valence-electron chi connectivity index (χ4n) is 5.59. The van der Waals surface area contributed by atoms with Crippen molar-refractivity contribution >= 4 is 29.6 Å². The average Bonchev–Trinajstić information content (AvgIpc) is 3.53. The maximum absolute atomic E-state index is 14.1. The summed E-state index contributed by atoms with van der Waals surface area (Å²) in [5.74, 6) is -6.28. The summed E-state index contributed by atoms with van der Waals surface area (Å²) < 4.78 is 33.3. The fraction of sp³-hybridized carbons (Fsp3) is 0.821. The SMILES string of the molecule is CC(C)[C@@H]1C[C@@H](C(=O)N[C@H](CC2CC2)C(=O)C(N)=O)N(C(=O)[C@@H](NC(=O)OC(C)(C)C)C2CCC(F)(F)CC2)C1. The van der Waals surface area contributed by atoms with Gasteiger partial charge in [-0.05, 0) is 70.1 Å². The minimum atomic E-state index is -2.83. The Bertz CT molecular complexity index is 984. The van der Waals surface area contributed by atoms with Crippen LogP contribution in [0.2, 0.25) is 0 Å². The maximum atomic E-state index is 14.1. The zero-order valence-electron chi connectivity index (χ0n) is 24.1. The second-order valence-electron chi connectivity index (χ2n) is 13.0. The number of nitrogens with zero attached hydrogens (tertiary/aromatic N) is 1. The Labute approximate surface area is 234 Å². The number of primary amides is 1. The molecule has 1 heterocycles. The van der Waals surface area contributed by atoms with Gasteiger partial charge in [-0.3, -0.25) is 19.2 Å². The van der Waals surface area contributed by atoms with E-state index in [2.05, 4.69) is 10.6 Å². The zero-order valence-corrected chi connectivity index (χ0v) is 24.1. The molecule has 0 unspecified atom stereocenters. The van der Waals surface area contributed by atoms with E-state index in [1.807, 2.05) is 13.8 Å². The number of hydrogen-bond acceptors (Lipinski definition) is 6. The van der Waals surface area contributed by atoms with Crippen LogP contribution in [0.4, 0.5) is 13.6 Å². The number of hydrogen-bond donors (Lipinski definition) is 3. The van der Waals surface area contributed by atoms with Crippen LogP contribution < -0.4 is 16.4 Å². The summed E-state index contributed by atoms with van der Waals surface area (Å²) in [6, 6.07) is -3.21. The van der Waals surface area contributed by atoms with Gasteiger partial charge in [-0.25, -0.2) is 13.6 Å². The summed E-state index contributed by atoms with van der Waals surface area (Å²) in [5, 5.41) is 5.28. The third kappa shape index (κ3) is 8.60. The molecular formula is C28H44F2N4O6. The second kappa shape index (κ2) is 12.4. The van der Waals surface area contributed by atoms with Crippen molar-refractivity contribution in [1.82, 2.24) is 15.5 Å². The number of likely N-dealkylation sites (tertiary alicyclic amines) is 1. The van der Waals surface area contributed by atoms with Crippen LogP contribution in [-0.4, -0.2) is 70.7 Å². The van der Waals surface area contributed by atoms with E-state index in [9.17, 15) is 32.8 Å². The Kier molecular flexibility index (Phi) is 9.82. The monoisotopic (exact) mass is 570 g/mol. The van der Waals surface area contributed by atoms with Gasteiger partial charge >= 0.3 is 6.09 Å². The topological polar surface area (TPSA) is 148 Å². The molecule has 3 fully saturated rings. The zero-order chi connectivity index (χ0) is 30.0. The van der Waals surface area contributed by atoms with Gasteiger partial charge < -0.3 is 26.0 Å². The number of rotatable bonds is 10. The van der Waals surface area contributed by atoms with E-state index in [0.717, 1.165) is 12.8 Å². The van der Waals surface area contributed by atoms with Gasteiger partial charge in [0.05, 0.1) is 6.04 Å². The predicted octanol–water partition coefficient (Wildman–Crippen LogP) is 2.92. The molecule has 4 amide bonds. The van der Waals surface area contributed by atoms with E-state index in [-0.39, 0.29) is 37.1 Å². The van der Waals surface area contributed by atoms with Gasteiger partial charge in [-0.1, -0.05) is 26.7 Å². The van der Waals surface area contributed by atoms with E-state index < -0.39 is 78.0 Å².